The van der Waals surface area contributed by atoms with Crippen LogP contribution in [-0.4, -0.2) is 82.7 Å². The molecule has 0 aromatic heterocycles. The molecular weight excluding hydrogens is 470 g/mol. The van der Waals surface area contributed by atoms with Crippen molar-refractivity contribution in [2.75, 3.05) is 37.7 Å². The Kier molecular flexibility index (Phi) is 6.52. The maximum Gasteiger partial charge on any atom is 0.253 e. The van der Waals surface area contributed by atoms with Crippen molar-refractivity contribution in [1.29, 1.82) is 0 Å². The lowest BCUT2D eigenvalue weighted by molar-refractivity contribution is -0.150. The first-order valence-electron chi connectivity index (χ1n) is 13.4. The van der Waals surface area contributed by atoms with Crippen molar-refractivity contribution in [1.82, 2.24) is 9.80 Å². The topological polar surface area (TPSA) is 90.4 Å². The molecule has 1 spiro atoms. The number of carbonyl (C=O) groups is 3. The van der Waals surface area contributed by atoms with Gasteiger partial charge in [0.05, 0.1) is 24.0 Å². The van der Waals surface area contributed by atoms with Crippen LogP contribution in [0.15, 0.2) is 42.5 Å². The van der Waals surface area contributed by atoms with Gasteiger partial charge in [-0.2, -0.15) is 0 Å². The lowest BCUT2D eigenvalue weighted by Gasteiger charge is -2.38. The van der Waals surface area contributed by atoms with Gasteiger partial charge in [0, 0.05) is 31.9 Å². The minimum atomic E-state index is -1.30. The first-order valence-corrected chi connectivity index (χ1v) is 13.4. The van der Waals surface area contributed by atoms with Crippen molar-refractivity contribution in [2.24, 2.45) is 11.8 Å². The van der Waals surface area contributed by atoms with Gasteiger partial charge < -0.3 is 24.5 Å². The number of hydrogen-bond donors (Lipinski definition) is 1. The number of amides is 3. The Bertz CT molecular complexity index is 1180. The van der Waals surface area contributed by atoms with E-state index in [0.29, 0.717) is 26.1 Å². The van der Waals surface area contributed by atoms with E-state index in [-0.39, 0.29) is 30.9 Å². The molecule has 1 aromatic rings. The summed E-state index contributed by atoms with van der Waals surface area (Å²) in [5.41, 5.74) is 0.483. The number of β-amino-alcohol motifs (C(OH)–C–C–N with tert-alkyl or cyclic N) is 1. The number of aliphatic hydroxyl groups is 1. The predicted molar refractivity (Wildman–Crippen MR) is 140 cm³/mol. The van der Waals surface area contributed by atoms with Gasteiger partial charge in [0.25, 0.3) is 5.91 Å². The van der Waals surface area contributed by atoms with Crippen LogP contribution in [-0.2, 0) is 19.1 Å². The third kappa shape index (κ3) is 3.67. The smallest absolute Gasteiger partial charge is 0.253 e. The van der Waals surface area contributed by atoms with Crippen molar-refractivity contribution in [3.8, 4) is 0 Å². The summed E-state index contributed by atoms with van der Waals surface area (Å²) in [5, 5.41) is 9.89. The van der Waals surface area contributed by atoms with E-state index in [2.05, 4.69) is 0 Å². The molecule has 1 unspecified atom stereocenters. The summed E-state index contributed by atoms with van der Waals surface area (Å²) in [6, 6.07) is 4.99. The van der Waals surface area contributed by atoms with Crippen molar-refractivity contribution >= 4 is 23.4 Å². The SMILES string of the molecule is CCCN1CC=C[C@]2(CC)O[C@]34C=CCN(c5cc(C)ccc5C)C(=O)C3N(CCO)C(=O)[C@@H]4[C@@H]2C1=O. The van der Waals surface area contributed by atoms with Gasteiger partial charge in [-0.15, -0.1) is 0 Å². The largest absolute Gasteiger partial charge is 0.395 e. The Morgan fingerprint density at radius 3 is 2.43 bits per heavy atom. The molecule has 1 aromatic carbocycles. The van der Waals surface area contributed by atoms with E-state index < -0.39 is 29.1 Å². The summed E-state index contributed by atoms with van der Waals surface area (Å²) in [7, 11) is 0. The summed E-state index contributed by atoms with van der Waals surface area (Å²) in [5.74, 6) is -2.26. The van der Waals surface area contributed by atoms with E-state index in [1.807, 2.05) is 70.2 Å². The first kappa shape index (κ1) is 25.7. The molecule has 8 heteroatoms. The third-order valence-electron chi connectivity index (χ3n) is 8.51. The van der Waals surface area contributed by atoms with Crippen molar-refractivity contribution < 1.29 is 24.2 Å². The molecule has 0 aliphatic carbocycles. The normalized spacial score (nSPS) is 32.9. The number of ether oxygens (including phenoxy) is 1. The molecule has 4 aliphatic rings. The number of hydrogen-bond acceptors (Lipinski definition) is 5. The number of rotatable bonds is 6. The maximum absolute atomic E-state index is 14.4. The quantitative estimate of drug-likeness (QED) is 0.597. The fourth-order valence-electron chi connectivity index (χ4n) is 6.86. The minimum Gasteiger partial charge on any atom is -0.395 e. The van der Waals surface area contributed by atoms with Crippen LogP contribution in [0.4, 0.5) is 5.69 Å². The van der Waals surface area contributed by atoms with Gasteiger partial charge in [-0.3, -0.25) is 14.4 Å². The lowest BCUT2D eigenvalue weighted by Crippen LogP contribution is -2.56. The van der Waals surface area contributed by atoms with Gasteiger partial charge in [-0.05, 0) is 43.9 Å². The van der Waals surface area contributed by atoms with Gasteiger partial charge in [-0.1, -0.05) is 50.3 Å². The monoisotopic (exact) mass is 507 g/mol. The summed E-state index contributed by atoms with van der Waals surface area (Å²) in [6.07, 6.45) is 8.97. The predicted octanol–water partition coefficient (Wildman–Crippen LogP) is 2.37. The van der Waals surface area contributed by atoms with Gasteiger partial charge in [-0.25, -0.2) is 0 Å². The molecule has 3 amide bonds. The molecule has 8 nitrogen and oxygen atoms in total. The molecule has 0 radical (unpaired) electrons. The molecule has 198 valence electrons. The zero-order chi connectivity index (χ0) is 26.5. The fourth-order valence-corrected chi connectivity index (χ4v) is 6.86. The van der Waals surface area contributed by atoms with Crippen LogP contribution >= 0.6 is 0 Å². The van der Waals surface area contributed by atoms with Crippen LogP contribution in [0.25, 0.3) is 0 Å². The number of nitrogens with zero attached hydrogens (tertiary/aromatic N) is 3. The number of benzene rings is 1. The summed E-state index contributed by atoms with van der Waals surface area (Å²) in [6.45, 7) is 9.03. The van der Waals surface area contributed by atoms with Crippen LogP contribution < -0.4 is 4.90 Å². The summed E-state index contributed by atoms with van der Waals surface area (Å²) in [4.78, 5) is 47.5. The zero-order valence-corrected chi connectivity index (χ0v) is 22.1. The highest BCUT2D eigenvalue weighted by Crippen LogP contribution is 2.58. The Labute approximate surface area is 218 Å². The van der Waals surface area contributed by atoms with Crippen LogP contribution in [0.2, 0.25) is 0 Å². The molecule has 5 atom stereocenters. The van der Waals surface area contributed by atoms with Crippen molar-refractivity contribution in [3.05, 3.63) is 53.6 Å². The standard InChI is InChI=1S/C29H37N3O5/c1-5-13-30-14-7-11-28(6-2)22(25(30)34)23-26(35)32(16-17-33)24-27(36)31(15-8-12-29(23,24)37-28)21-18-19(3)9-10-20(21)4/h7-12,18,22-24,33H,5-6,13-17H2,1-4H3/t22-,23+,24?,28+,29+/m1/s1. The molecule has 4 heterocycles. The van der Waals surface area contributed by atoms with Crippen LogP contribution in [0.1, 0.15) is 37.8 Å². The second-order valence-electron chi connectivity index (χ2n) is 10.7. The van der Waals surface area contributed by atoms with E-state index in [1.54, 1.807) is 9.80 Å². The number of aryl methyl sites for hydroxylation is 2. The second kappa shape index (κ2) is 9.40. The summed E-state index contributed by atoms with van der Waals surface area (Å²) >= 11 is 0. The fraction of sp³-hybridized carbons (Fsp3) is 0.552. The molecule has 5 rings (SSSR count). The van der Waals surface area contributed by atoms with Crippen LogP contribution in [0.5, 0.6) is 0 Å². The average Bonchev–Trinajstić information content (AvgIpc) is 3.16. The molecule has 2 fully saturated rings. The number of carbonyl (C=O) groups excluding carboxylic acids is 3. The van der Waals surface area contributed by atoms with Crippen molar-refractivity contribution in [2.45, 2.75) is 57.8 Å². The highest BCUT2D eigenvalue weighted by atomic mass is 16.5. The van der Waals surface area contributed by atoms with Crippen LogP contribution in [0, 0.1) is 25.7 Å². The molecule has 37 heavy (non-hydrogen) atoms. The highest BCUT2D eigenvalue weighted by Gasteiger charge is 2.75. The van der Waals surface area contributed by atoms with E-state index in [4.69, 9.17) is 4.74 Å². The Hall–Kier alpha value is -2.97. The molecule has 2 saturated heterocycles. The number of likely N-dealkylation sites (tertiary alicyclic amines) is 1. The third-order valence-corrected chi connectivity index (χ3v) is 8.51. The summed E-state index contributed by atoms with van der Waals surface area (Å²) < 4.78 is 6.92. The molecular formula is C29H37N3O5. The Morgan fingerprint density at radius 2 is 1.73 bits per heavy atom. The average molecular weight is 508 g/mol. The Balaban J connectivity index is 1.66. The number of anilines is 1. The van der Waals surface area contributed by atoms with Crippen LogP contribution in [0.3, 0.4) is 0 Å². The molecule has 0 saturated carbocycles. The van der Waals surface area contributed by atoms with Crippen molar-refractivity contribution in [3.63, 3.8) is 0 Å². The minimum absolute atomic E-state index is 0.000120. The lowest BCUT2D eigenvalue weighted by atomic mass is 9.73. The van der Waals surface area contributed by atoms with E-state index in [9.17, 15) is 19.5 Å². The molecule has 1 N–H and O–H groups in total. The number of aliphatic hydroxyl groups excluding tert-OH is 1. The highest BCUT2D eigenvalue weighted by molar-refractivity contribution is 6.06. The van der Waals surface area contributed by atoms with Gasteiger partial charge in [0.1, 0.15) is 11.6 Å². The maximum atomic E-state index is 14.4. The van der Waals surface area contributed by atoms with Gasteiger partial charge >= 0.3 is 0 Å². The zero-order valence-electron chi connectivity index (χ0n) is 22.1. The van der Waals surface area contributed by atoms with Gasteiger partial charge in [0.15, 0.2) is 0 Å². The first-order chi connectivity index (χ1) is 17.7. The van der Waals surface area contributed by atoms with Gasteiger partial charge in [0.2, 0.25) is 11.8 Å². The van der Waals surface area contributed by atoms with E-state index in [1.165, 1.54) is 4.90 Å². The molecule has 4 aliphatic heterocycles. The second-order valence-corrected chi connectivity index (χ2v) is 10.7. The number of fused-ring (bicyclic) bond motifs is 2. The van der Waals surface area contributed by atoms with E-state index in [0.717, 1.165) is 23.2 Å². The Morgan fingerprint density at radius 1 is 0.973 bits per heavy atom. The van der Waals surface area contributed by atoms with E-state index >= 15 is 0 Å². The molecule has 0 bridgehead atoms.